The highest BCUT2D eigenvalue weighted by Gasteiger charge is 2.38. The molecule has 326 valence electrons. The molecular weight excluding hydrogens is 687 g/mol. The maximum atomic E-state index is 2.38. The first kappa shape index (κ1) is 54.9. The smallest absolute Gasteiger partial charge is 0.0595 e. The molecule has 54 heavy (non-hydrogen) atoms. The van der Waals surface area contributed by atoms with E-state index in [2.05, 4.69) is 41.5 Å². The van der Waals surface area contributed by atoms with Crippen LogP contribution in [-0.4, -0.2) is 49.3 Å². The Morgan fingerprint density at radius 1 is 0.148 bits per heavy atom. The van der Waals surface area contributed by atoms with Crippen LogP contribution >= 0.6 is 14.5 Å². The van der Waals surface area contributed by atoms with Gasteiger partial charge in [-0.25, -0.2) is 0 Å². The second-order valence-electron chi connectivity index (χ2n) is 18.8. The van der Waals surface area contributed by atoms with E-state index in [1.165, 1.54) is 193 Å². The molecule has 0 aromatic rings. The van der Waals surface area contributed by atoms with Gasteiger partial charge < -0.3 is 0 Å². The monoisotopic (exact) mass is 797 g/mol. The van der Waals surface area contributed by atoms with E-state index in [0.29, 0.717) is 0 Å². The van der Waals surface area contributed by atoms with Gasteiger partial charge in [-0.1, -0.05) is 196 Å². The Bertz CT molecular complexity index is 548. The lowest BCUT2D eigenvalue weighted by atomic mass is 10.1. The molecule has 0 atom stereocenters. The van der Waals surface area contributed by atoms with Gasteiger partial charge in [0.2, 0.25) is 0 Å². The molecular formula is C52H110P2+2. The van der Waals surface area contributed by atoms with Crippen molar-refractivity contribution >= 4 is 14.5 Å². The molecule has 0 amide bonds. The number of hydrogen-bond donors (Lipinski definition) is 0. The number of hydrogen-bond acceptors (Lipinski definition) is 0. The van der Waals surface area contributed by atoms with Gasteiger partial charge in [0.25, 0.3) is 0 Å². The zero-order chi connectivity index (χ0) is 39.5. The quantitative estimate of drug-likeness (QED) is 0.0425. The molecule has 0 aromatic heterocycles. The molecule has 0 rings (SSSR count). The van der Waals surface area contributed by atoms with Gasteiger partial charge in [-0.3, -0.25) is 0 Å². The predicted octanol–water partition coefficient (Wildman–Crippen LogP) is 20.0. The van der Waals surface area contributed by atoms with Crippen molar-refractivity contribution < 1.29 is 0 Å². The van der Waals surface area contributed by atoms with Gasteiger partial charge in [-0.05, 0) is 89.9 Å². The molecule has 0 N–H and O–H groups in total. The Kier molecular flexibility index (Phi) is 44.1. The summed E-state index contributed by atoms with van der Waals surface area (Å²) in [7, 11) is -1.69. The predicted molar refractivity (Wildman–Crippen MR) is 262 cm³/mol. The molecule has 2 heteroatoms. The van der Waals surface area contributed by atoms with Gasteiger partial charge >= 0.3 is 0 Å². The fourth-order valence-corrected chi connectivity index (χ4v) is 19.4. The van der Waals surface area contributed by atoms with Crippen molar-refractivity contribution in [1.29, 1.82) is 0 Å². The zero-order valence-electron chi connectivity index (χ0n) is 39.4. The van der Waals surface area contributed by atoms with Crippen molar-refractivity contribution in [3.05, 3.63) is 0 Å². The lowest BCUT2D eigenvalue weighted by Gasteiger charge is -2.31. The molecule has 0 saturated heterocycles. The van der Waals surface area contributed by atoms with Crippen LogP contribution in [0.25, 0.3) is 0 Å². The van der Waals surface area contributed by atoms with Crippen molar-refractivity contribution in [3.8, 4) is 0 Å². The fraction of sp³-hybridized carbons (Fsp3) is 1.00. The van der Waals surface area contributed by atoms with Crippen molar-refractivity contribution in [2.24, 2.45) is 0 Å². The first-order chi connectivity index (χ1) is 26.6. The highest BCUT2D eigenvalue weighted by atomic mass is 31.2. The molecule has 0 radical (unpaired) electrons. The van der Waals surface area contributed by atoms with Gasteiger partial charge in [-0.2, -0.15) is 0 Å². The van der Waals surface area contributed by atoms with Crippen LogP contribution in [0.4, 0.5) is 0 Å². The highest BCUT2D eigenvalue weighted by Crippen LogP contribution is 2.64. The van der Waals surface area contributed by atoms with E-state index >= 15 is 0 Å². The van der Waals surface area contributed by atoms with E-state index in [1.54, 1.807) is 101 Å². The lowest BCUT2D eigenvalue weighted by molar-refractivity contribution is 0.614. The van der Waals surface area contributed by atoms with Gasteiger partial charge in [0.05, 0.1) is 49.3 Å². The van der Waals surface area contributed by atoms with E-state index < -0.39 is 14.5 Å². The summed E-state index contributed by atoms with van der Waals surface area (Å²) in [5.74, 6) is 0. The third-order valence-corrected chi connectivity index (χ3v) is 23.6. The average molecular weight is 797 g/mol. The summed E-state index contributed by atoms with van der Waals surface area (Å²) in [5, 5.41) is 0. The topological polar surface area (TPSA) is 0 Å². The van der Waals surface area contributed by atoms with Gasteiger partial charge in [0, 0.05) is 14.5 Å². The highest BCUT2D eigenvalue weighted by molar-refractivity contribution is 7.76. The van der Waals surface area contributed by atoms with Crippen LogP contribution in [0.1, 0.15) is 286 Å². The molecule has 0 aliphatic heterocycles. The summed E-state index contributed by atoms with van der Waals surface area (Å²) < 4.78 is 0. The molecule has 0 nitrogen and oxygen atoms in total. The molecule has 0 aliphatic rings. The molecule has 0 unspecified atom stereocenters. The second kappa shape index (κ2) is 43.4. The van der Waals surface area contributed by atoms with E-state index in [4.69, 9.17) is 0 Å². The fourth-order valence-electron chi connectivity index (χ4n) is 9.60. The average Bonchev–Trinajstić information content (AvgIpc) is 3.18. The molecule has 0 saturated carbocycles. The van der Waals surface area contributed by atoms with E-state index in [-0.39, 0.29) is 0 Å². The first-order valence-electron chi connectivity index (χ1n) is 26.3. The molecule has 0 aromatic carbocycles. The summed E-state index contributed by atoms with van der Waals surface area (Å²) in [5.41, 5.74) is 0. The summed E-state index contributed by atoms with van der Waals surface area (Å²) in [6.07, 6.45) is 70.0. The first-order valence-corrected chi connectivity index (χ1v) is 31.3. The SMILES string of the molecule is CCCCCCCC[P+](CCCCCCCC)(CCCCCCCC)CCCC[P+](CCCCCCCC)(CCCCCCCC)CCCCCCCC. The number of rotatable bonds is 47. The normalized spacial score (nSPS) is 12.3. The van der Waals surface area contributed by atoms with Crippen molar-refractivity contribution in [3.63, 3.8) is 0 Å². The third-order valence-electron chi connectivity index (χ3n) is 13.4. The van der Waals surface area contributed by atoms with Crippen LogP contribution in [0.3, 0.4) is 0 Å². The lowest BCUT2D eigenvalue weighted by Crippen LogP contribution is -2.16. The largest absolute Gasteiger partial charge is 0.0654 e. The minimum absolute atomic E-state index is 0.843. The minimum atomic E-state index is -0.843. The molecule has 0 heterocycles. The van der Waals surface area contributed by atoms with Crippen LogP contribution in [0.15, 0.2) is 0 Å². The Labute approximate surface area is 348 Å². The maximum Gasteiger partial charge on any atom is 0.0595 e. The van der Waals surface area contributed by atoms with Crippen LogP contribution < -0.4 is 0 Å². The zero-order valence-corrected chi connectivity index (χ0v) is 41.2. The third kappa shape index (κ3) is 34.9. The van der Waals surface area contributed by atoms with Crippen molar-refractivity contribution in [2.75, 3.05) is 49.3 Å². The second-order valence-corrected chi connectivity index (χ2v) is 27.7. The standard InChI is InChI=1S/C52H110P2/c1-7-13-19-25-31-37-45-53(46-38-32-26-20-14-8-2,47-39-33-27-21-15-9-3)51-43-44-52-54(48-40-34-28-22-16-10-4,49-41-35-29-23-17-11-5)50-42-36-30-24-18-12-6/h7-52H2,1-6H3/q+2. The molecule has 0 spiro atoms. The Morgan fingerprint density at radius 2 is 0.259 bits per heavy atom. The van der Waals surface area contributed by atoms with Crippen LogP contribution in [-0.2, 0) is 0 Å². The Morgan fingerprint density at radius 3 is 0.407 bits per heavy atom. The Hall–Kier alpha value is 0.860. The van der Waals surface area contributed by atoms with Crippen LogP contribution in [0, 0.1) is 0 Å². The van der Waals surface area contributed by atoms with Crippen molar-refractivity contribution in [1.82, 2.24) is 0 Å². The molecule has 0 bridgehead atoms. The van der Waals surface area contributed by atoms with Gasteiger partial charge in [0.1, 0.15) is 0 Å². The summed E-state index contributed by atoms with van der Waals surface area (Å²) >= 11 is 0. The minimum Gasteiger partial charge on any atom is -0.0654 e. The van der Waals surface area contributed by atoms with E-state index in [0.717, 1.165) is 0 Å². The number of unbranched alkanes of at least 4 members (excludes halogenated alkanes) is 31. The summed E-state index contributed by atoms with van der Waals surface area (Å²) in [4.78, 5) is 0. The summed E-state index contributed by atoms with van der Waals surface area (Å²) in [6, 6.07) is 0. The van der Waals surface area contributed by atoms with Crippen LogP contribution in [0.2, 0.25) is 0 Å². The Balaban J connectivity index is 5.86. The van der Waals surface area contributed by atoms with E-state index in [9.17, 15) is 0 Å². The van der Waals surface area contributed by atoms with Crippen LogP contribution in [0.5, 0.6) is 0 Å². The molecule has 0 fully saturated rings. The van der Waals surface area contributed by atoms with Crippen molar-refractivity contribution in [2.45, 2.75) is 286 Å². The van der Waals surface area contributed by atoms with E-state index in [1.807, 2.05) is 0 Å². The molecule has 0 aliphatic carbocycles. The maximum absolute atomic E-state index is 2.38. The van der Waals surface area contributed by atoms with Gasteiger partial charge in [-0.15, -0.1) is 0 Å². The van der Waals surface area contributed by atoms with Gasteiger partial charge in [0.15, 0.2) is 0 Å². The summed E-state index contributed by atoms with van der Waals surface area (Å²) in [6.45, 7) is 14.3.